The number of hydrogen-bond acceptors (Lipinski definition) is 6. The van der Waals surface area contributed by atoms with Crippen molar-refractivity contribution in [2.45, 2.75) is 13.0 Å². The van der Waals surface area contributed by atoms with Crippen molar-refractivity contribution in [3.05, 3.63) is 53.1 Å². The molecule has 1 fully saturated rings. The van der Waals surface area contributed by atoms with Crippen LogP contribution < -0.4 is 20.9 Å². The number of sulfone groups is 1. The Bertz CT molecular complexity index is 1190. The van der Waals surface area contributed by atoms with Crippen molar-refractivity contribution in [2.24, 2.45) is 0 Å². The number of anilines is 3. The number of carbonyl (C=O) groups is 3. The van der Waals surface area contributed by atoms with Crippen molar-refractivity contribution >= 4 is 56.3 Å². The van der Waals surface area contributed by atoms with Gasteiger partial charge in [0, 0.05) is 34.9 Å². The lowest BCUT2D eigenvalue weighted by Gasteiger charge is -2.28. The molecule has 2 aromatic carbocycles. The summed E-state index contributed by atoms with van der Waals surface area (Å²) in [5.74, 6) is -1.45. The molecular formula is C22H25ClN4O6S. The van der Waals surface area contributed by atoms with Crippen LogP contribution in [0.15, 0.2) is 42.5 Å². The number of urea groups is 1. The first-order valence-corrected chi connectivity index (χ1v) is 12.8. The number of hydrogen-bond donors (Lipinski definition) is 3. The molecule has 1 aliphatic heterocycles. The fourth-order valence-corrected chi connectivity index (χ4v) is 4.35. The highest BCUT2D eigenvalue weighted by atomic mass is 35.5. The fraction of sp³-hybridized carbons (Fsp3) is 0.318. The highest BCUT2D eigenvalue weighted by Gasteiger charge is 2.26. The quantitative estimate of drug-likeness (QED) is 0.525. The normalized spacial score (nSPS) is 14.9. The SMILES string of the molecule is Cc1cc(NC(=O)[C@H](CS(C)(=O)=O)NC(=O)Nc2ccc(Cl)cc2)ccc1N1CCOCC1=O. The molecule has 0 aliphatic carbocycles. The molecule has 1 heterocycles. The van der Waals surface area contributed by atoms with E-state index in [-0.39, 0.29) is 12.5 Å². The fourth-order valence-electron chi connectivity index (χ4n) is 3.38. The van der Waals surface area contributed by atoms with Crippen molar-refractivity contribution in [3.63, 3.8) is 0 Å². The van der Waals surface area contributed by atoms with Gasteiger partial charge in [-0.1, -0.05) is 11.6 Å². The molecular weight excluding hydrogens is 484 g/mol. The molecule has 0 unspecified atom stereocenters. The number of morpholine rings is 1. The summed E-state index contributed by atoms with van der Waals surface area (Å²) in [5, 5.41) is 8.05. The predicted molar refractivity (Wildman–Crippen MR) is 130 cm³/mol. The minimum atomic E-state index is -3.60. The van der Waals surface area contributed by atoms with Crippen LogP contribution in [0.1, 0.15) is 5.56 Å². The lowest BCUT2D eigenvalue weighted by Crippen LogP contribution is -2.49. The van der Waals surface area contributed by atoms with Crippen molar-refractivity contribution < 1.29 is 27.5 Å². The molecule has 10 nitrogen and oxygen atoms in total. The Balaban J connectivity index is 1.71. The van der Waals surface area contributed by atoms with Gasteiger partial charge in [-0.05, 0) is 55.0 Å². The molecule has 0 bridgehead atoms. The van der Waals surface area contributed by atoms with Gasteiger partial charge in [-0.25, -0.2) is 13.2 Å². The molecule has 0 radical (unpaired) electrons. The third kappa shape index (κ3) is 7.17. The van der Waals surface area contributed by atoms with Crippen molar-refractivity contribution in [3.8, 4) is 0 Å². The van der Waals surface area contributed by atoms with Crippen molar-refractivity contribution in [1.82, 2.24) is 5.32 Å². The lowest BCUT2D eigenvalue weighted by atomic mass is 10.1. The van der Waals surface area contributed by atoms with E-state index in [9.17, 15) is 22.8 Å². The van der Waals surface area contributed by atoms with Crippen LogP contribution in [0.5, 0.6) is 0 Å². The third-order valence-corrected chi connectivity index (χ3v) is 6.13. The number of nitrogens with zero attached hydrogens (tertiary/aromatic N) is 1. The van der Waals surface area contributed by atoms with E-state index in [1.807, 2.05) is 0 Å². The Hall–Kier alpha value is -3.15. The van der Waals surface area contributed by atoms with Gasteiger partial charge >= 0.3 is 6.03 Å². The van der Waals surface area contributed by atoms with Gasteiger partial charge in [0.2, 0.25) is 5.91 Å². The summed E-state index contributed by atoms with van der Waals surface area (Å²) in [6.45, 7) is 2.66. The average molecular weight is 509 g/mol. The van der Waals surface area contributed by atoms with Crippen LogP contribution in [-0.4, -0.2) is 64.1 Å². The van der Waals surface area contributed by atoms with E-state index >= 15 is 0 Å². The molecule has 34 heavy (non-hydrogen) atoms. The van der Waals surface area contributed by atoms with Gasteiger partial charge in [0.25, 0.3) is 5.91 Å². The van der Waals surface area contributed by atoms with Crippen LogP contribution in [0.2, 0.25) is 5.02 Å². The monoisotopic (exact) mass is 508 g/mol. The Morgan fingerprint density at radius 3 is 2.41 bits per heavy atom. The highest BCUT2D eigenvalue weighted by Crippen LogP contribution is 2.25. The molecule has 3 N–H and O–H groups in total. The zero-order chi connectivity index (χ0) is 24.9. The zero-order valence-corrected chi connectivity index (χ0v) is 20.2. The molecule has 182 valence electrons. The first-order valence-electron chi connectivity index (χ1n) is 10.3. The molecule has 1 saturated heterocycles. The van der Waals surface area contributed by atoms with Crippen LogP contribution in [0, 0.1) is 6.92 Å². The molecule has 1 atom stereocenters. The number of halogens is 1. The van der Waals surface area contributed by atoms with E-state index in [1.165, 1.54) is 0 Å². The van der Waals surface area contributed by atoms with Gasteiger partial charge in [-0.2, -0.15) is 0 Å². The summed E-state index contributed by atoms with van der Waals surface area (Å²) in [7, 11) is -3.60. The van der Waals surface area contributed by atoms with Crippen LogP contribution in [0.4, 0.5) is 21.9 Å². The van der Waals surface area contributed by atoms with Crippen LogP contribution >= 0.6 is 11.6 Å². The number of rotatable bonds is 7. The van der Waals surface area contributed by atoms with Gasteiger partial charge in [0.15, 0.2) is 0 Å². The largest absolute Gasteiger partial charge is 0.370 e. The third-order valence-electron chi connectivity index (χ3n) is 4.93. The van der Waals surface area contributed by atoms with Crippen LogP contribution in [0.25, 0.3) is 0 Å². The second kappa shape index (κ2) is 10.9. The van der Waals surface area contributed by atoms with Gasteiger partial charge in [-0.3, -0.25) is 9.59 Å². The van der Waals surface area contributed by atoms with Crippen molar-refractivity contribution in [1.29, 1.82) is 0 Å². The molecule has 0 saturated carbocycles. The molecule has 1 aliphatic rings. The smallest absolute Gasteiger partial charge is 0.319 e. The molecule has 0 aromatic heterocycles. The molecule has 2 aromatic rings. The van der Waals surface area contributed by atoms with Gasteiger partial charge in [-0.15, -0.1) is 0 Å². The summed E-state index contributed by atoms with van der Waals surface area (Å²) in [6, 6.07) is 9.17. The Labute approximate surface area is 202 Å². The number of benzene rings is 2. The topological polar surface area (TPSA) is 134 Å². The average Bonchev–Trinajstić information content (AvgIpc) is 2.75. The first kappa shape index (κ1) is 25.5. The predicted octanol–water partition coefficient (Wildman–Crippen LogP) is 2.19. The van der Waals surface area contributed by atoms with Crippen LogP contribution in [-0.2, 0) is 24.2 Å². The summed E-state index contributed by atoms with van der Waals surface area (Å²) in [6.07, 6.45) is 0.977. The molecule has 12 heteroatoms. The Morgan fingerprint density at radius 1 is 1.12 bits per heavy atom. The van der Waals surface area contributed by atoms with E-state index < -0.39 is 33.6 Å². The first-order chi connectivity index (χ1) is 16.0. The summed E-state index contributed by atoms with van der Waals surface area (Å²) in [5.41, 5.74) is 2.25. The lowest BCUT2D eigenvalue weighted by molar-refractivity contribution is -0.125. The Morgan fingerprint density at radius 2 is 1.79 bits per heavy atom. The summed E-state index contributed by atoms with van der Waals surface area (Å²) < 4.78 is 28.9. The molecule has 0 spiro atoms. The summed E-state index contributed by atoms with van der Waals surface area (Å²) >= 11 is 5.82. The zero-order valence-electron chi connectivity index (χ0n) is 18.6. The minimum absolute atomic E-state index is 0.00878. The number of amides is 4. The van der Waals surface area contributed by atoms with E-state index in [1.54, 1.807) is 54.3 Å². The molecule has 3 rings (SSSR count). The number of nitrogens with one attached hydrogen (secondary N) is 3. The number of aryl methyl sites for hydroxylation is 1. The van der Waals surface area contributed by atoms with Gasteiger partial charge in [0.05, 0.1) is 12.4 Å². The van der Waals surface area contributed by atoms with Crippen LogP contribution in [0.3, 0.4) is 0 Å². The second-order valence-corrected chi connectivity index (χ2v) is 10.5. The van der Waals surface area contributed by atoms with Gasteiger partial charge in [0.1, 0.15) is 22.5 Å². The second-order valence-electron chi connectivity index (χ2n) is 7.84. The minimum Gasteiger partial charge on any atom is -0.370 e. The maximum absolute atomic E-state index is 12.9. The Kier molecular flexibility index (Phi) is 8.13. The highest BCUT2D eigenvalue weighted by molar-refractivity contribution is 7.90. The maximum Gasteiger partial charge on any atom is 0.319 e. The number of carbonyl (C=O) groups excluding carboxylic acids is 3. The van der Waals surface area contributed by atoms with Gasteiger partial charge < -0.3 is 25.6 Å². The van der Waals surface area contributed by atoms with E-state index in [0.717, 1.165) is 11.8 Å². The molecule has 4 amide bonds. The standard InChI is InChI=1S/C22H25ClN4O6S/c1-14-11-17(7-8-19(14)27-9-10-33-12-20(27)28)24-21(29)18(13-34(2,31)32)26-22(30)25-16-5-3-15(23)4-6-16/h3-8,11,18H,9-10,12-13H2,1-2H3,(H,24,29)(H2,25,26,30)/t18-/m0/s1. The maximum atomic E-state index is 12.9. The van der Waals surface area contributed by atoms with Crippen molar-refractivity contribution in [2.75, 3.05) is 47.3 Å². The number of ether oxygens (including phenoxy) is 1. The van der Waals surface area contributed by atoms with E-state index in [4.69, 9.17) is 16.3 Å². The van der Waals surface area contributed by atoms with E-state index in [2.05, 4.69) is 16.0 Å². The van der Waals surface area contributed by atoms with E-state index in [0.29, 0.717) is 35.2 Å². The summed E-state index contributed by atoms with van der Waals surface area (Å²) in [4.78, 5) is 38.9.